The SMILES string of the molecule is CCC(=O)Nc1nc(S[C@H](C)CC)[nH]c(=O)c1NC(=O)c1cccs1. The molecule has 2 aromatic heterocycles. The van der Waals surface area contributed by atoms with Gasteiger partial charge in [-0.1, -0.05) is 38.6 Å². The molecule has 3 N–H and O–H groups in total. The van der Waals surface area contributed by atoms with E-state index in [2.05, 4.69) is 20.6 Å². The van der Waals surface area contributed by atoms with Crippen LogP contribution in [0.3, 0.4) is 0 Å². The molecule has 0 radical (unpaired) electrons. The van der Waals surface area contributed by atoms with Gasteiger partial charge in [-0.05, 0) is 17.9 Å². The third-order valence-electron chi connectivity index (χ3n) is 3.35. The van der Waals surface area contributed by atoms with E-state index < -0.39 is 11.5 Å². The van der Waals surface area contributed by atoms with E-state index in [1.54, 1.807) is 24.4 Å². The minimum absolute atomic E-state index is 0.0614. The maximum absolute atomic E-state index is 12.4. The quantitative estimate of drug-likeness (QED) is 0.505. The van der Waals surface area contributed by atoms with Gasteiger partial charge in [-0.25, -0.2) is 4.98 Å². The van der Waals surface area contributed by atoms with E-state index in [1.807, 2.05) is 13.8 Å². The highest BCUT2D eigenvalue weighted by molar-refractivity contribution is 7.99. The Morgan fingerprint density at radius 1 is 1.36 bits per heavy atom. The van der Waals surface area contributed by atoms with Crippen LogP contribution in [0.5, 0.6) is 0 Å². The number of carbonyl (C=O) groups is 2. The third-order valence-corrected chi connectivity index (χ3v) is 5.37. The molecule has 0 aliphatic heterocycles. The number of anilines is 2. The first-order valence-electron chi connectivity index (χ1n) is 7.90. The molecule has 0 saturated carbocycles. The summed E-state index contributed by atoms with van der Waals surface area (Å²) in [4.78, 5) is 43.9. The first-order valence-corrected chi connectivity index (χ1v) is 9.66. The molecule has 0 bridgehead atoms. The van der Waals surface area contributed by atoms with Crippen LogP contribution in [0.15, 0.2) is 27.5 Å². The Balaban J connectivity index is 2.37. The monoisotopic (exact) mass is 380 g/mol. The lowest BCUT2D eigenvalue weighted by Crippen LogP contribution is -2.24. The molecule has 0 saturated heterocycles. The predicted octanol–water partition coefficient (Wildman–Crippen LogP) is 3.32. The van der Waals surface area contributed by atoms with Crippen LogP contribution in [-0.2, 0) is 4.79 Å². The van der Waals surface area contributed by atoms with E-state index in [0.29, 0.717) is 10.0 Å². The Morgan fingerprint density at radius 2 is 2.12 bits per heavy atom. The molecule has 0 aromatic carbocycles. The number of aromatic nitrogens is 2. The lowest BCUT2D eigenvalue weighted by Gasteiger charge is -2.13. The normalized spacial score (nSPS) is 11.8. The molecule has 0 aliphatic rings. The summed E-state index contributed by atoms with van der Waals surface area (Å²) >= 11 is 2.66. The van der Waals surface area contributed by atoms with Gasteiger partial charge in [0, 0.05) is 11.7 Å². The second-order valence-electron chi connectivity index (χ2n) is 5.26. The lowest BCUT2D eigenvalue weighted by molar-refractivity contribution is -0.115. The second kappa shape index (κ2) is 8.82. The summed E-state index contributed by atoms with van der Waals surface area (Å²) in [6.07, 6.45) is 1.14. The molecule has 9 heteroatoms. The molecular formula is C16H20N4O3S2. The molecule has 0 unspecified atom stereocenters. The van der Waals surface area contributed by atoms with Crippen LogP contribution in [-0.4, -0.2) is 27.0 Å². The summed E-state index contributed by atoms with van der Waals surface area (Å²) in [5, 5.41) is 7.56. The minimum atomic E-state index is -0.503. The highest BCUT2D eigenvalue weighted by atomic mass is 32.2. The molecule has 2 rings (SSSR count). The smallest absolute Gasteiger partial charge is 0.277 e. The number of thioether (sulfide) groups is 1. The van der Waals surface area contributed by atoms with Gasteiger partial charge >= 0.3 is 0 Å². The van der Waals surface area contributed by atoms with Crippen LogP contribution >= 0.6 is 23.1 Å². The van der Waals surface area contributed by atoms with Gasteiger partial charge < -0.3 is 10.6 Å². The van der Waals surface area contributed by atoms with Crippen molar-refractivity contribution >= 4 is 46.4 Å². The van der Waals surface area contributed by atoms with Crippen LogP contribution in [0.4, 0.5) is 11.5 Å². The van der Waals surface area contributed by atoms with Gasteiger partial charge in [0.15, 0.2) is 16.7 Å². The maximum Gasteiger partial charge on any atom is 0.277 e. The van der Waals surface area contributed by atoms with Crippen molar-refractivity contribution < 1.29 is 9.59 Å². The molecule has 134 valence electrons. The Bertz CT molecular complexity index is 802. The zero-order chi connectivity index (χ0) is 18.4. The zero-order valence-electron chi connectivity index (χ0n) is 14.2. The van der Waals surface area contributed by atoms with Crippen molar-refractivity contribution in [3.05, 3.63) is 32.7 Å². The summed E-state index contributed by atoms with van der Waals surface area (Å²) in [6, 6.07) is 3.40. The number of rotatable bonds is 7. The van der Waals surface area contributed by atoms with Crippen molar-refractivity contribution in [3.63, 3.8) is 0 Å². The minimum Gasteiger partial charge on any atom is -0.314 e. The molecule has 0 aliphatic carbocycles. The van der Waals surface area contributed by atoms with Crippen LogP contribution in [0, 0.1) is 0 Å². The molecule has 25 heavy (non-hydrogen) atoms. The van der Waals surface area contributed by atoms with Crippen molar-refractivity contribution in [2.75, 3.05) is 10.6 Å². The molecule has 2 aromatic rings. The summed E-state index contributed by atoms with van der Waals surface area (Å²) in [6.45, 7) is 5.74. The van der Waals surface area contributed by atoms with Crippen LogP contribution in [0.25, 0.3) is 0 Å². The summed E-state index contributed by atoms with van der Waals surface area (Å²) < 4.78 is 0. The maximum atomic E-state index is 12.4. The first kappa shape index (κ1) is 19.2. The number of hydrogen-bond donors (Lipinski definition) is 3. The number of amides is 2. The largest absolute Gasteiger partial charge is 0.314 e. The molecule has 0 fully saturated rings. The summed E-state index contributed by atoms with van der Waals surface area (Å²) in [5.74, 6) is -0.646. The Hall–Kier alpha value is -2.13. The highest BCUT2D eigenvalue weighted by Gasteiger charge is 2.18. The number of H-pyrrole nitrogens is 1. The van der Waals surface area contributed by atoms with Crippen LogP contribution in [0.1, 0.15) is 43.3 Å². The summed E-state index contributed by atoms with van der Waals surface area (Å²) in [7, 11) is 0. The van der Waals surface area contributed by atoms with Crippen molar-refractivity contribution in [3.8, 4) is 0 Å². The number of aromatic amines is 1. The number of carbonyl (C=O) groups excluding carboxylic acids is 2. The molecular weight excluding hydrogens is 360 g/mol. The fourth-order valence-electron chi connectivity index (χ4n) is 1.79. The highest BCUT2D eigenvalue weighted by Crippen LogP contribution is 2.24. The van der Waals surface area contributed by atoms with E-state index in [4.69, 9.17) is 0 Å². The van der Waals surface area contributed by atoms with E-state index >= 15 is 0 Å². The molecule has 2 heterocycles. The van der Waals surface area contributed by atoms with Gasteiger partial charge in [0.1, 0.15) is 0 Å². The average Bonchev–Trinajstić information content (AvgIpc) is 3.12. The Morgan fingerprint density at radius 3 is 2.72 bits per heavy atom. The fraction of sp³-hybridized carbons (Fsp3) is 0.375. The first-order chi connectivity index (χ1) is 11.9. The van der Waals surface area contributed by atoms with Crippen molar-refractivity contribution in [2.45, 2.75) is 44.0 Å². The third kappa shape index (κ3) is 5.17. The molecule has 1 atom stereocenters. The van der Waals surface area contributed by atoms with Gasteiger partial charge in [0.05, 0.1) is 4.88 Å². The number of hydrogen-bond acceptors (Lipinski definition) is 6. The van der Waals surface area contributed by atoms with Gasteiger partial charge in [-0.3, -0.25) is 19.4 Å². The average molecular weight is 380 g/mol. The fourth-order valence-corrected chi connectivity index (χ4v) is 3.25. The van der Waals surface area contributed by atoms with E-state index in [-0.39, 0.29) is 29.1 Å². The Kier molecular flexibility index (Phi) is 6.77. The van der Waals surface area contributed by atoms with Crippen LogP contribution < -0.4 is 16.2 Å². The van der Waals surface area contributed by atoms with E-state index in [1.165, 1.54) is 23.1 Å². The second-order valence-corrected chi connectivity index (χ2v) is 7.64. The topological polar surface area (TPSA) is 104 Å². The molecule has 2 amide bonds. The van der Waals surface area contributed by atoms with Crippen molar-refractivity contribution in [1.29, 1.82) is 0 Å². The number of nitrogens with zero attached hydrogens (tertiary/aromatic N) is 1. The van der Waals surface area contributed by atoms with E-state index in [9.17, 15) is 14.4 Å². The van der Waals surface area contributed by atoms with Gasteiger partial charge in [0.25, 0.3) is 11.5 Å². The van der Waals surface area contributed by atoms with Crippen molar-refractivity contribution in [1.82, 2.24) is 9.97 Å². The van der Waals surface area contributed by atoms with Gasteiger partial charge in [0.2, 0.25) is 5.91 Å². The van der Waals surface area contributed by atoms with Crippen molar-refractivity contribution in [2.24, 2.45) is 0 Å². The molecule has 7 nitrogen and oxygen atoms in total. The standard InChI is InChI=1S/C16H20N4O3S2/c1-4-9(3)25-16-19-13(17-11(21)5-2)12(15(23)20-16)18-14(22)10-7-6-8-24-10/h6-9H,4-5H2,1-3H3,(H,18,22)(H2,17,19,20,21,23)/t9-/m1/s1. The van der Waals surface area contributed by atoms with Gasteiger partial charge in [-0.15, -0.1) is 11.3 Å². The van der Waals surface area contributed by atoms with Gasteiger partial charge in [-0.2, -0.15) is 0 Å². The Labute approximate surface area is 153 Å². The number of thiophene rings is 1. The lowest BCUT2D eigenvalue weighted by atomic mass is 10.3. The van der Waals surface area contributed by atoms with E-state index in [0.717, 1.165) is 6.42 Å². The predicted molar refractivity (Wildman–Crippen MR) is 102 cm³/mol. The number of nitrogens with one attached hydrogen (secondary N) is 3. The molecule has 0 spiro atoms. The zero-order valence-corrected chi connectivity index (χ0v) is 15.8. The summed E-state index contributed by atoms with van der Waals surface area (Å²) in [5.41, 5.74) is -0.564. The van der Waals surface area contributed by atoms with Crippen LogP contribution in [0.2, 0.25) is 0 Å².